The van der Waals surface area contributed by atoms with Crippen molar-refractivity contribution in [3.8, 4) is 0 Å². The zero-order valence-corrected chi connectivity index (χ0v) is 12.8. The lowest BCUT2D eigenvalue weighted by Gasteiger charge is -2.03. The zero-order chi connectivity index (χ0) is 14.5. The molecule has 110 valence electrons. The molecule has 0 atom stereocenters. The van der Waals surface area contributed by atoms with Crippen LogP contribution in [0.15, 0.2) is 6.07 Å². The van der Waals surface area contributed by atoms with Crippen LogP contribution < -0.4 is 5.32 Å². The molecule has 0 aromatic carbocycles. The van der Waals surface area contributed by atoms with Crippen LogP contribution in [0.3, 0.4) is 0 Å². The number of aromatic nitrogens is 2. The van der Waals surface area contributed by atoms with Crippen molar-refractivity contribution in [3.05, 3.63) is 16.6 Å². The van der Waals surface area contributed by atoms with E-state index < -0.39 is 0 Å². The molecule has 0 radical (unpaired) electrons. The molecule has 2 N–H and O–H groups in total. The molecule has 0 bridgehead atoms. The van der Waals surface area contributed by atoms with Crippen molar-refractivity contribution in [2.75, 3.05) is 13.2 Å². The highest BCUT2D eigenvalue weighted by atomic mass is 32.1. The number of carbonyl (C=O) groups is 1. The molecule has 0 spiro atoms. The zero-order valence-electron chi connectivity index (χ0n) is 12.0. The summed E-state index contributed by atoms with van der Waals surface area (Å²) >= 11 is 1.48. The number of fused-ring (bicyclic) bond motifs is 1. The van der Waals surface area contributed by atoms with Crippen molar-refractivity contribution >= 4 is 27.5 Å². The minimum atomic E-state index is -0.00671. The highest BCUT2D eigenvalue weighted by Gasteiger charge is 2.14. The summed E-state index contributed by atoms with van der Waals surface area (Å²) in [5.74, 6) is -0.00671. The van der Waals surface area contributed by atoms with E-state index in [0.29, 0.717) is 6.54 Å². The Labute approximate surface area is 122 Å². The molecule has 5 nitrogen and oxygen atoms in total. The summed E-state index contributed by atoms with van der Waals surface area (Å²) < 4.78 is 1.82. The van der Waals surface area contributed by atoms with E-state index in [9.17, 15) is 4.79 Å². The summed E-state index contributed by atoms with van der Waals surface area (Å²) in [5, 5.41) is 17.0. The Bertz CT molecular complexity index is 554. The van der Waals surface area contributed by atoms with Crippen molar-refractivity contribution in [1.82, 2.24) is 15.1 Å². The summed E-state index contributed by atoms with van der Waals surface area (Å²) in [6.45, 7) is 2.90. The number of nitrogens with zero attached hydrogens (tertiary/aromatic N) is 2. The van der Waals surface area contributed by atoms with E-state index in [1.54, 1.807) is 0 Å². The van der Waals surface area contributed by atoms with Crippen molar-refractivity contribution in [2.24, 2.45) is 7.05 Å². The Hall–Kier alpha value is -1.40. The van der Waals surface area contributed by atoms with E-state index >= 15 is 0 Å². The van der Waals surface area contributed by atoms with Gasteiger partial charge in [-0.2, -0.15) is 5.10 Å². The fraction of sp³-hybridized carbons (Fsp3) is 0.571. The average molecular weight is 295 g/mol. The van der Waals surface area contributed by atoms with E-state index in [0.717, 1.165) is 46.5 Å². The molecule has 0 fully saturated rings. The molecule has 6 heteroatoms. The van der Waals surface area contributed by atoms with E-state index in [4.69, 9.17) is 5.11 Å². The van der Waals surface area contributed by atoms with Gasteiger partial charge < -0.3 is 10.4 Å². The van der Waals surface area contributed by atoms with Gasteiger partial charge in [0.1, 0.15) is 4.83 Å². The molecule has 0 aliphatic heterocycles. The molecule has 0 unspecified atom stereocenters. The molecule has 0 saturated heterocycles. The predicted octanol–water partition coefficient (Wildman–Crippen LogP) is 2.23. The number of carbonyl (C=O) groups excluding carboxylic acids is 1. The van der Waals surface area contributed by atoms with Gasteiger partial charge in [0.2, 0.25) is 0 Å². The monoisotopic (exact) mass is 295 g/mol. The SMILES string of the molecule is Cc1nn(C)c2sc(C(=O)NCCCCCCO)cc12. The molecule has 20 heavy (non-hydrogen) atoms. The number of aliphatic hydroxyl groups excluding tert-OH is 1. The molecular formula is C14H21N3O2S. The minimum absolute atomic E-state index is 0.00671. The lowest BCUT2D eigenvalue weighted by molar-refractivity contribution is 0.0957. The lowest BCUT2D eigenvalue weighted by Crippen LogP contribution is -2.23. The van der Waals surface area contributed by atoms with Crippen molar-refractivity contribution in [3.63, 3.8) is 0 Å². The maximum absolute atomic E-state index is 12.1. The van der Waals surface area contributed by atoms with Crippen LogP contribution in [-0.4, -0.2) is 33.9 Å². The summed E-state index contributed by atoms with van der Waals surface area (Å²) in [6.07, 6.45) is 3.85. The number of nitrogens with one attached hydrogen (secondary N) is 1. The standard InChI is InChI=1S/C14H21N3O2S/c1-10-11-9-12(20-14(11)17(2)16-10)13(19)15-7-5-3-4-6-8-18/h9,18H,3-8H2,1-2H3,(H,15,19). The Balaban J connectivity index is 1.86. The number of hydrogen-bond acceptors (Lipinski definition) is 4. The molecule has 2 heterocycles. The van der Waals surface area contributed by atoms with Crippen LogP contribution in [0.2, 0.25) is 0 Å². The highest BCUT2D eigenvalue weighted by Crippen LogP contribution is 2.27. The number of unbranched alkanes of at least 4 members (excludes halogenated alkanes) is 3. The van der Waals surface area contributed by atoms with Gasteiger partial charge in [-0.1, -0.05) is 12.8 Å². The van der Waals surface area contributed by atoms with Gasteiger partial charge in [-0.3, -0.25) is 9.48 Å². The van der Waals surface area contributed by atoms with E-state index in [1.807, 2.05) is 24.7 Å². The van der Waals surface area contributed by atoms with Crippen LogP contribution in [0.1, 0.15) is 41.0 Å². The van der Waals surface area contributed by atoms with Gasteiger partial charge in [0.05, 0.1) is 10.6 Å². The average Bonchev–Trinajstić information content (AvgIpc) is 2.96. The van der Waals surface area contributed by atoms with E-state index in [-0.39, 0.29) is 12.5 Å². The molecule has 2 rings (SSSR count). The third-order valence-electron chi connectivity index (χ3n) is 3.29. The Morgan fingerprint density at radius 1 is 1.40 bits per heavy atom. The number of aryl methyl sites for hydroxylation is 2. The largest absolute Gasteiger partial charge is 0.396 e. The number of aliphatic hydroxyl groups is 1. The van der Waals surface area contributed by atoms with Gasteiger partial charge >= 0.3 is 0 Å². The summed E-state index contributed by atoms with van der Waals surface area (Å²) in [4.78, 5) is 13.8. The van der Waals surface area contributed by atoms with Crippen LogP contribution in [-0.2, 0) is 7.05 Å². The van der Waals surface area contributed by atoms with Crippen molar-refractivity contribution in [2.45, 2.75) is 32.6 Å². The third kappa shape index (κ3) is 3.37. The van der Waals surface area contributed by atoms with Crippen molar-refractivity contribution < 1.29 is 9.90 Å². The van der Waals surface area contributed by atoms with Crippen LogP contribution in [0.5, 0.6) is 0 Å². The van der Waals surface area contributed by atoms with Crippen molar-refractivity contribution in [1.29, 1.82) is 0 Å². The van der Waals surface area contributed by atoms with E-state index in [2.05, 4.69) is 10.4 Å². The lowest BCUT2D eigenvalue weighted by atomic mass is 10.2. The molecular weight excluding hydrogens is 274 g/mol. The topological polar surface area (TPSA) is 67.2 Å². The molecule has 1 amide bonds. The molecule has 0 saturated carbocycles. The number of hydrogen-bond donors (Lipinski definition) is 2. The first-order valence-corrected chi connectivity index (χ1v) is 7.77. The second-order valence-electron chi connectivity index (χ2n) is 4.93. The van der Waals surface area contributed by atoms with E-state index in [1.165, 1.54) is 11.3 Å². The maximum atomic E-state index is 12.1. The first-order valence-electron chi connectivity index (χ1n) is 6.95. The smallest absolute Gasteiger partial charge is 0.261 e. The Morgan fingerprint density at radius 3 is 2.85 bits per heavy atom. The van der Waals surface area contributed by atoms with Gasteiger partial charge in [0.25, 0.3) is 5.91 Å². The third-order valence-corrected chi connectivity index (χ3v) is 4.49. The van der Waals surface area contributed by atoms with Crippen LogP contribution in [0, 0.1) is 6.92 Å². The van der Waals surface area contributed by atoms with Gasteiger partial charge in [-0.05, 0) is 25.8 Å². The van der Waals surface area contributed by atoms with Gasteiger partial charge in [0, 0.05) is 25.6 Å². The summed E-state index contributed by atoms with van der Waals surface area (Å²) in [5.41, 5.74) is 0.960. The quantitative estimate of drug-likeness (QED) is 0.770. The predicted molar refractivity (Wildman–Crippen MR) is 81.2 cm³/mol. The second-order valence-corrected chi connectivity index (χ2v) is 5.96. The first-order chi connectivity index (χ1) is 9.63. The fourth-order valence-electron chi connectivity index (χ4n) is 2.20. The molecule has 0 aliphatic carbocycles. The van der Waals surface area contributed by atoms with Crippen LogP contribution in [0.25, 0.3) is 10.2 Å². The van der Waals surface area contributed by atoms with Gasteiger partial charge in [-0.15, -0.1) is 11.3 Å². The van der Waals surface area contributed by atoms with Crippen LogP contribution in [0.4, 0.5) is 0 Å². The van der Waals surface area contributed by atoms with Gasteiger partial charge in [-0.25, -0.2) is 0 Å². The number of thiophene rings is 1. The summed E-state index contributed by atoms with van der Waals surface area (Å²) in [7, 11) is 1.90. The molecule has 0 aliphatic rings. The number of rotatable bonds is 7. The molecule has 2 aromatic rings. The molecule has 2 aromatic heterocycles. The fourth-order valence-corrected chi connectivity index (χ4v) is 3.24. The Morgan fingerprint density at radius 2 is 2.15 bits per heavy atom. The highest BCUT2D eigenvalue weighted by molar-refractivity contribution is 7.20. The first kappa shape index (κ1) is 15.0. The summed E-state index contributed by atoms with van der Waals surface area (Å²) in [6, 6.07) is 1.92. The Kier molecular flexibility index (Phi) is 5.14. The normalized spacial score (nSPS) is 11.2. The van der Waals surface area contributed by atoms with Crippen LogP contribution >= 0.6 is 11.3 Å². The minimum Gasteiger partial charge on any atom is -0.396 e. The number of amides is 1. The maximum Gasteiger partial charge on any atom is 0.261 e. The van der Waals surface area contributed by atoms with Gasteiger partial charge in [0.15, 0.2) is 0 Å². The second kappa shape index (κ2) is 6.85.